The van der Waals surface area contributed by atoms with Gasteiger partial charge in [-0.2, -0.15) is 0 Å². The number of halogens is 1. The predicted molar refractivity (Wildman–Crippen MR) is 130 cm³/mol. The molecule has 160 valence electrons. The van der Waals surface area contributed by atoms with E-state index in [1.807, 2.05) is 73.7 Å². The van der Waals surface area contributed by atoms with Gasteiger partial charge in [-0.1, -0.05) is 54.1 Å². The van der Waals surface area contributed by atoms with Crippen molar-refractivity contribution < 1.29 is 14.3 Å². The average Bonchev–Trinajstić information content (AvgIpc) is 2.82. The summed E-state index contributed by atoms with van der Waals surface area (Å²) in [7, 11) is 3.17. The van der Waals surface area contributed by atoms with E-state index in [1.165, 1.54) is 0 Å². The topological polar surface area (TPSA) is 48.4 Å². The van der Waals surface area contributed by atoms with Crippen LogP contribution in [0.2, 0.25) is 5.02 Å². The second-order valence-corrected chi connectivity index (χ2v) is 7.72. The normalized spacial score (nSPS) is 11.1. The van der Waals surface area contributed by atoms with E-state index in [1.54, 1.807) is 26.4 Å². The molecule has 0 saturated heterocycles. The van der Waals surface area contributed by atoms with Crippen LogP contribution in [-0.4, -0.2) is 25.0 Å². The maximum atomic E-state index is 13.4. The van der Waals surface area contributed by atoms with Crippen LogP contribution < -0.4 is 9.47 Å². The molecule has 3 aromatic carbocycles. The molecule has 0 radical (unpaired) electrons. The van der Waals surface area contributed by atoms with Gasteiger partial charge in [-0.3, -0.25) is 9.78 Å². The number of hydrogen-bond acceptors (Lipinski definition) is 4. The van der Waals surface area contributed by atoms with Crippen molar-refractivity contribution in [2.45, 2.75) is 6.92 Å². The number of hydrogen-bond donors (Lipinski definition) is 0. The van der Waals surface area contributed by atoms with Crippen molar-refractivity contribution in [1.29, 1.82) is 0 Å². The third kappa shape index (κ3) is 4.23. The van der Waals surface area contributed by atoms with Crippen molar-refractivity contribution in [2.24, 2.45) is 0 Å². The minimum absolute atomic E-state index is 0.134. The van der Waals surface area contributed by atoms with E-state index in [-0.39, 0.29) is 5.78 Å². The van der Waals surface area contributed by atoms with Crippen molar-refractivity contribution in [3.8, 4) is 22.6 Å². The molecule has 4 aromatic rings. The molecular weight excluding hydrogens is 422 g/mol. The lowest BCUT2D eigenvalue weighted by atomic mass is 9.92. The highest BCUT2D eigenvalue weighted by Gasteiger charge is 2.19. The van der Waals surface area contributed by atoms with Crippen LogP contribution in [-0.2, 0) is 0 Å². The molecule has 4 rings (SSSR count). The summed E-state index contributed by atoms with van der Waals surface area (Å²) in [5.74, 6) is 1.10. The summed E-state index contributed by atoms with van der Waals surface area (Å²) in [6.07, 6.45) is 3.33. The number of ketones is 1. The number of allylic oxidation sites excluding steroid dienone is 1. The molecule has 32 heavy (non-hydrogen) atoms. The Bertz CT molecular complexity index is 1330. The van der Waals surface area contributed by atoms with Gasteiger partial charge in [0, 0.05) is 21.7 Å². The fourth-order valence-electron chi connectivity index (χ4n) is 3.78. The van der Waals surface area contributed by atoms with Crippen molar-refractivity contribution >= 4 is 34.4 Å². The number of rotatable bonds is 6. The zero-order valence-corrected chi connectivity index (χ0v) is 18.8. The van der Waals surface area contributed by atoms with Crippen molar-refractivity contribution in [1.82, 2.24) is 4.98 Å². The Hall–Kier alpha value is -3.63. The summed E-state index contributed by atoms with van der Waals surface area (Å²) in [5, 5.41) is 1.44. The first-order valence-corrected chi connectivity index (χ1v) is 10.5. The Morgan fingerprint density at radius 3 is 2.41 bits per heavy atom. The standard InChI is InChI=1S/C27H22ClNO3/c1-17-26(23(30)13-9-18-10-14-24(31-2)25(15-18)32-3)27(19-7-5-4-6-8-19)21-16-20(28)11-12-22(21)29-17/h4-16H,1-3H3/b13-9+. The van der Waals surface area contributed by atoms with Gasteiger partial charge in [-0.15, -0.1) is 0 Å². The number of carbonyl (C=O) groups is 1. The van der Waals surface area contributed by atoms with Gasteiger partial charge in [0.05, 0.1) is 25.3 Å². The Kier molecular flexibility index (Phi) is 6.24. The number of fused-ring (bicyclic) bond motifs is 1. The van der Waals surface area contributed by atoms with E-state index in [2.05, 4.69) is 4.98 Å². The molecule has 0 N–H and O–H groups in total. The Balaban J connectivity index is 1.84. The first-order chi connectivity index (χ1) is 15.5. The summed E-state index contributed by atoms with van der Waals surface area (Å²) in [5.41, 5.74) is 4.62. The minimum Gasteiger partial charge on any atom is -0.493 e. The van der Waals surface area contributed by atoms with Gasteiger partial charge in [-0.25, -0.2) is 0 Å². The molecule has 5 heteroatoms. The van der Waals surface area contributed by atoms with Gasteiger partial charge in [0.2, 0.25) is 0 Å². The lowest BCUT2D eigenvalue weighted by molar-refractivity contribution is 0.104. The molecule has 0 amide bonds. The van der Waals surface area contributed by atoms with Crippen molar-refractivity contribution in [2.75, 3.05) is 14.2 Å². The number of aromatic nitrogens is 1. The summed E-state index contributed by atoms with van der Waals surface area (Å²) in [6.45, 7) is 1.86. The van der Waals surface area contributed by atoms with E-state index >= 15 is 0 Å². The van der Waals surface area contributed by atoms with Gasteiger partial charge in [0.15, 0.2) is 17.3 Å². The van der Waals surface area contributed by atoms with E-state index in [9.17, 15) is 4.79 Å². The van der Waals surface area contributed by atoms with Crippen LogP contribution in [0, 0.1) is 6.92 Å². The summed E-state index contributed by atoms with van der Waals surface area (Å²) in [4.78, 5) is 18.1. The molecule has 0 spiro atoms. The summed E-state index contributed by atoms with van der Waals surface area (Å²) in [6, 6.07) is 20.9. The summed E-state index contributed by atoms with van der Waals surface area (Å²) >= 11 is 6.30. The van der Waals surface area contributed by atoms with Gasteiger partial charge in [0.25, 0.3) is 0 Å². The molecule has 0 bridgehead atoms. The molecule has 0 unspecified atom stereocenters. The fraction of sp³-hybridized carbons (Fsp3) is 0.111. The SMILES string of the molecule is COc1ccc(/C=C/C(=O)c2c(C)nc3ccc(Cl)cc3c2-c2ccccc2)cc1OC. The van der Waals surface area contributed by atoms with E-state index in [0.717, 1.165) is 27.6 Å². The second kappa shape index (κ2) is 9.25. The second-order valence-electron chi connectivity index (χ2n) is 7.29. The highest BCUT2D eigenvalue weighted by atomic mass is 35.5. The molecule has 0 aliphatic carbocycles. The van der Waals surface area contributed by atoms with Crippen LogP contribution in [0.1, 0.15) is 21.6 Å². The van der Waals surface area contributed by atoms with Gasteiger partial charge < -0.3 is 9.47 Å². The molecular formula is C27H22ClNO3. The number of carbonyl (C=O) groups excluding carboxylic acids is 1. The smallest absolute Gasteiger partial charge is 0.188 e. The predicted octanol–water partition coefficient (Wildman–Crippen LogP) is 6.78. The first-order valence-electron chi connectivity index (χ1n) is 10.1. The van der Waals surface area contributed by atoms with Gasteiger partial charge >= 0.3 is 0 Å². The van der Waals surface area contributed by atoms with Crippen LogP contribution >= 0.6 is 11.6 Å². The molecule has 0 aliphatic rings. The highest BCUT2D eigenvalue weighted by molar-refractivity contribution is 6.31. The maximum Gasteiger partial charge on any atom is 0.188 e. The molecule has 0 atom stereocenters. The monoisotopic (exact) mass is 443 g/mol. The highest BCUT2D eigenvalue weighted by Crippen LogP contribution is 2.35. The molecule has 0 saturated carbocycles. The van der Waals surface area contributed by atoms with E-state index in [4.69, 9.17) is 21.1 Å². The number of aryl methyl sites for hydroxylation is 1. The molecule has 0 fully saturated rings. The number of methoxy groups -OCH3 is 2. The van der Waals surface area contributed by atoms with Gasteiger partial charge in [-0.05, 0) is 54.5 Å². The van der Waals surface area contributed by atoms with Crippen LogP contribution in [0.15, 0.2) is 72.8 Å². The summed E-state index contributed by atoms with van der Waals surface area (Å²) < 4.78 is 10.6. The maximum absolute atomic E-state index is 13.4. The van der Waals surface area contributed by atoms with Crippen LogP contribution in [0.5, 0.6) is 11.5 Å². The largest absolute Gasteiger partial charge is 0.493 e. The number of benzene rings is 3. The Morgan fingerprint density at radius 1 is 0.938 bits per heavy atom. The van der Waals surface area contributed by atoms with E-state index in [0.29, 0.717) is 27.8 Å². The fourth-order valence-corrected chi connectivity index (χ4v) is 3.95. The van der Waals surface area contributed by atoms with Crippen LogP contribution in [0.25, 0.3) is 28.1 Å². The lowest BCUT2D eigenvalue weighted by Gasteiger charge is -2.14. The third-order valence-corrected chi connectivity index (χ3v) is 5.51. The minimum atomic E-state index is -0.134. The molecule has 1 heterocycles. The number of ether oxygens (including phenoxy) is 2. The zero-order chi connectivity index (χ0) is 22.7. The molecule has 0 aliphatic heterocycles. The zero-order valence-electron chi connectivity index (χ0n) is 18.1. The number of pyridine rings is 1. The van der Waals surface area contributed by atoms with E-state index < -0.39 is 0 Å². The van der Waals surface area contributed by atoms with Gasteiger partial charge in [0.1, 0.15) is 0 Å². The first kappa shape index (κ1) is 21.6. The molecule has 4 nitrogen and oxygen atoms in total. The quantitative estimate of drug-likeness (QED) is 0.243. The number of nitrogens with zero attached hydrogens (tertiary/aromatic N) is 1. The lowest BCUT2D eigenvalue weighted by Crippen LogP contribution is -2.05. The molecule has 1 aromatic heterocycles. The van der Waals surface area contributed by atoms with Crippen LogP contribution in [0.3, 0.4) is 0 Å². The Labute approximate surface area is 192 Å². The average molecular weight is 444 g/mol. The van der Waals surface area contributed by atoms with Crippen molar-refractivity contribution in [3.05, 3.63) is 94.6 Å². The van der Waals surface area contributed by atoms with Crippen LogP contribution in [0.4, 0.5) is 0 Å². The Morgan fingerprint density at radius 2 is 1.69 bits per heavy atom. The van der Waals surface area contributed by atoms with Crippen molar-refractivity contribution in [3.63, 3.8) is 0 Å². The third-order valence-electron chi connectivity index (χ3n) is 5.27.